The number of carbonyl (C=O) groups is 3. The van der Waals surface area contributed by atoms with Gasteiger partial charge in [-0.2, -0.15) is 0 Å². The number of esters is 1. The van der Waals surface area contributed by atoms with Crippen molar-refractivity contribution in [3.63, 3.8) is 0 Å². The summed E-state index contributed by atoms with van der Waals surface area (Å²) in [6.45, 7) is 6.88. The molecule has 3 saturated heterocycles. The molecule has 9 unspecified atom stereocenters. The average molecular weight is 1050 g/mol. The third kappa shape index (κ3) is 13.4. The number of hydrogen-bond donors (Lipinski definition) is 10. The predicted octanol–water partition coefficient (Wildman–Crippen LogP) is -0.481. The van der Waals surface area contributed by atoms with Crippen LogP contribution < -0.4 is 10.1 Å². The summed E-state index contributed by atoms with van der Waals surface area (Å²) in [6.07, 6.45) is -24.4. The summed E-state index contributed by atoms with van der Waals surface area (Å²) in [5.41, 5.74) is 1.40. The standard InChI is InChI=1S/C51H69NO22/c1-5-11-32(47(62)63)69-44-38(57)35(22-54)72-51(45(44)73-48(64)27-12-7-6-8-13-27)70-33-20-29(18-24(2)42(33)74-50-40(59)39(58)36(55)26(4)68-50)46(61)52-16-17-65-49-41(60)43(37(56)34(21-53)71-49)66-23-30-19-28-14-9-10-15-31(28)67-25(30)3/h6-10,12-15,19,24,26,29,32-45,49-51,53-60H,3,5,11,16-18,20-23H2,1-2,4H3,(H,52,61)(H,62,63)/t24-,26?,29?,32+,33-,34-,35?,36-,37-,38+,39+,40?,41?,42?,43?,44?,45?,49+,50+,51-/m1/s1. The molecule has 0 bridgehead atoms. The van der Waals surface area contributed by atoms with E-state index in [2.05, 4.69) is 11.9 Å². The van der Waals surface area contributed by atoms with Gasteiger partial charge in [-0.1, -0.05) is 63.2 Å². The number of hydrogen-bond acceptors (Lipinski definition) is 21. The highest BCUT2D eigenvalue weighted by Gasteiger charge is 2.54. The van der Waals surface area contributed by atoms with Gasteiger partial charge in [0.05, 0.1) is 50.3 Å². The number of rotatable bonds is 21. The maximum atomic E-state index is 14.1. The smallest absolute Gasteiger partial charge is 0.338 e. The van der Waals surface area contributed by atoms with E-state index >= 15 is 0 Å². The molecule has 7 rings (SSSR count). The van der Waals surface area contributed by atoms with Crippen LogP contribution in [0.3, 0.4) is 0 Å². The van der Waals surface area contributed by atoms with Gasteiger partial charge in [-0.05, 0) is 56.4 Å². The quantitative estimate of drug-likeness (QED) is 0.0558. The van der Waals surface area contributed by atoms with Crippen molar-refractivity contribution in [3.8, 4) is 5.75 Å². The normalized spacial score (nSPS) is 36.7. The van der Waals surface area contributed by atoms with E-state index in [1.54, 1.807) is 44.2 Å². The summed E-state index contributed by atoms with van der Waals surface area (Å²) in [7, 11) is 0. The van der Waals surface area contributed by atoms with Crippen LogP contribution in [0.4, 0.5) is 0 Å². The van der Waals surface area contributed by atoms with Crippen molar-refractivity contribution >= 4 is 23.9 Å². The number of amides is 1. The number of para-hydroxylation sites is 1. The van der Waals surface area contributed by atoms with Crippen LogP contribution in [0.5, 0.6) is 5.75 Å². The molecule has 20 atom stereocenters. The van der Waals surface area contributed by atoms with Gasteiger partial charge in [-0.15, -0.1) is 0 Å². The van der Waals surface area contributed by atoms with Crippen molar-refractivity contribution in [1.29, 1.82) is 0 Å². The molecule has 5 aliphatic rings. The number of ether oxygens (including phenoxy) is 10. The number of benzene rings is 2. The first-order valence-electron chi connectivity index (χ1n) is 24.8. The fourth-order valence-corrected chi connectivity index (χ4v) is 9.73. The van der Waals surface area contributed by atoms with Gasteiger partial charge in [0.1, 0.15) is 72.5 Å². The van der Waals surface area contributed by atoms with Crippen LogP contribution in [-0.2, 0) is 52.2 Å². The Bertz CT molecular complexity index is 2220. The van der Waals surface area contributed by atoms with Crippen molar-refractivity contribution in [1.82, 2.24) is 5.32 Å². The highest BCUT2D eigenvalue weighted by atomic mass is 16.8. The Balaban J connectivity index is 1.07. The molecular formula is C51H69NO22. The van der Waals surface area contributed by atoms with Crippen molar-refractivity contribution in [2.45, 2.75) is 157 Å². The number of carboxylic acid groups (broad SMARTS) is 1. The van der Waals surface area contributed by atoms with Gasteiger partial charge >= 0.3 is 11.9 Å². The molecule has 4 fully saturated rings. The lowest BCUT2D eigenvalue weighted by Crippen LogP contribution is -2.64. The average Bonchev–Trinajstić information content (AvgIpc) is 3.38. The Morgan fingerprint density at radius 1 is 0.743 bits per heavy atom. The third-order valence-corrected chi connectivity index (χ3v) is 13.9. The van der Waals surface area contributed by atoms with Gasteiger partial charge < -0.3 is 98.6 Å². The van der Waals surface area contributed by atoms with Crippen molar-refractivity contribution in [2.24, 2.45) is 11.8 Å². The third-order valence-electron chi connectivity index (χ3n) is 13.9. The molecule has 23 nitrogen and oxygen atoms in total. The van der Waals surface area contributed by atoms with E-state index in [0.717, 1.165) is 5.56 Å². The SMILES string of the molecule is C=C1Oc2ccccc2C=C1COC1C(O)[C@@H](OCCNC(=O)C2C[C@@H](C)C(O[C@@H]3OC(C)[C@@H](O)[C@H](O)C3O)[C@H](O[C@@H]3OC(CO)[C@H](O)C(O[C@@H](CCC)C(=O)O)C3OC(=O)c3ccccc3)C2)O[C@H](CO)[C@H]1O. The zero-order chi connectivity index (χ0) is 53.4. The number of carboxylic acids is 1. The molecule has 2 aromatic rings. The minimum atomic E-state index is -1.75. The number of fused-ring (bicyclic) bond motifs is 1. The lowest BCUT2D eigenvalue weighted by Gasteiger charge is -2.48. The van der Waals surface area contributed by atoms with E-state index < -0.39 is 153 Å². The molecule has 2 aromatic carbocycles. The second-order valence-corrected chi connectivity index (χ2v) is 19.1. The highest BCUT2D eigenvalue weighted by molar-refractivity contribution is 5.89. The fourth-order valence-electron chi connectivity index (χ4n) is 9.73. The molecule has 4 heterocycles. The minimum absolute atomic E-state index is 0.00807. The summed E-state index contributed by atoms with van der Waals surface area (Å²) in [5, 5.41) is 99.2. The van der Waals surface area contributed by atoms with Crippen LogP contribution in [0.2, 0.25) is 0 Å². The second-order valence-electron chi connectivity index (χ2n) is 19.1. The van der Waals surface area contributed by atoms with Gasteiger partial charge in [0, 0.05) is 23.6 Å². The highest BCUT2D eigenvalue weighted by Crippen LogP contribution is 2.39. The maximum absolute atomic E-state index is 14.1. The summed E-state index contributed by atoms with van der Waals surface area (Å²) in [5.74, 6) is -3.36. The number of carbonyl (C=O) groups excluding carboxylic acids is 2. The second kappa shape index (κ2) is 26.0. The van der Waals surface area contributed by atoms with Gasteiger partial charge in [0.15, 0.2) is 31.1 Å². The van der Waals surface area contributed by atoms with Gasteiger partial charge in [0.2, 0.25) is 5.91 Å². The van der Waals surface area contributed by atoms with Crippen LogP contribution in [0.1, 0.15) is 62.4 Å². The molecule has 74 heavy (non-hydrogen) atoms. The van der Waals surface area contributed by atoms with E-state index in [-0.39, 0.29) is 44.6 Å². The Morgan fingerprint density at radius 2 is 1.42 bits per heavy atom. The Hall–Kier alpha value is -4.51. The number of aliphatic carboxylic acids is 1. The zero-order valence-electron chi connectivity index (χ0n) is 41.2. The zero-order valence-corrected chi connectivity index (χ0v) is 41.2. The van der Waals surface area contributed by atoms with Gasteiger partial charge in [-0.25, -0.2) is 9.59 Å². The molecule has 0 aromatic heterocycles. The van der Waals surface area contributed by atoms with Crippen LogP contribution in [0, 0.1) is 11.8 Å². The molecular weight excluding hydrogens is 979 g/mol. The number of nitrogens with one attached hydrogen (secondary N) is 1. The lowest BCUT2D eigenvalue weighted by molar-refractivity contribution is -0.349. The Labute approximate surface area is 427 Å². The molecule has 1 saturated carbocycles. The van der Waals surface area contributed by atoms with E-state index in [9.17, 15) is 60.3 Å². The Kier molecular flexibility index (Phi) is 20.1. The van der Waals surface area contributed by atoms with Crippen molar-refractivity contribution in [2.75, 3.05) is 33.0 Å². The summed E-state index contributed by atoms with van der Waals surface area (Å²) in [4.78, 5) is 40.2. The summed E-state index contributed by atoms with van der Waals surface area (Å²) < 4.78 is 60.0. The van der Waals surface area contributed by atoms with E-state index in [0.29, 0.717) is 23.5 Å². The number of aliphatic hydroxyl groups excluding tert-OH is 8. The fraction of sp³-hybridized carbons (Fsp3) is 0.627. The first-order valence-corrected chi connectivity index (χ1v) is 24.8. The van der Waals surface area contributed by atoms with Gasteiger partial charge in [0.25, 0.3) is 0 Å². The summed E-state index contributed by atoms with van der Waals surface area (Å²) in [6, 6.07) is 15.0. The van der Waals surface area contributed by atoms with Crippen LogP contribution in [0.25, 0.3) is 6.08 Å². The molecule has 1 aliphatic carbocycles. The molecule has 1 amide bonds. The predicted molar refractivity (Wildman–Crippen MR) is 253 cm³/mol. The number of aliphatic hydroxyl groups is 8. The molecule has 4 aliphatic heterocycles. The van der Waals surface area contributed by atoms with Crippen molar-refractivity contribution < 1.29 is 108 Å². The van der Waals surface area contributed by atoms with Crippen LogP contribution in [-0.4, -0.2) is 207 Å². The monoisotopic (exact) mass is 1050 g/mol. The minimum Gasteiger partial charge on any atom is -0.479 e. The van der Waals surface area contributed by atoms with E-state index in [4.69, 9.17) is 47.4 Å². The molecule has 0 radical (unpaired) electrons. The summed E-state index contributed by atoms with van der Waals surface area (Å²) >= 11 is 0. The van der Waals surface area contributed by atoms with E-state index in [1.807, 2.05) is 18.2 Å². The molecule has 410 valence electrons. The topological polar surface area (TPSA) is 338 Å². The lowest BCUT2D eigenvalue weighted by atomic mass is 9.77. The van der Waals surface area contributed by atoms with Gasteiger partial charge in [-0.3, -0.25) is 4.79 Å². The van der Waals surface area contributed by atoms with Crippen LogP contribution in [0.15, 0.2) is 72.5 Å². The maximum Gasteiger partial charge on any atom is 0.338 e. The van der Waals surface area contributed by atoms with Crippen molar-refractivity contribution in [3.05, 3.63) is 83.6 Å². The first kappa shape index (κ1) is 57.2. The van der Waals surface area contributed by atoms with E-state index in [1.165, 1.54) is 19.1 Å². The molecule has 0 spiro atoms. The van der Waals surface area contributed by atoms with Crippen LogP contribution >= 0.6 is 0 Å². The molecule has 23 heteroatoms. The first-order chi connectivity index (χ1) is 35.4. The Morgan fingerprint density at radius 3 is 2.11 bits per heavy atom. The largest absolute Gasteiger partial charge is 0.479 e. The molecule has 10 N–H and O–H groups in total.